The Morgan fingerprint density at radius 3 is 1.95 bits per heavy atom. The Kier molecular flexibility index (Phi) is 4.71. The van der Waals surface area contributed by atoms with Crippen LogP contribution in [0.5, 0.6) is 0 Å². The van der Waals surface area contributed by atoms with E-state index in [4.69, 9.17) is 5.73 Å². The maximum atomic E-state index is 12.5. The number of rotatable bonds is 4. The summed E-state index contributed by atoms with van der Waals surface area (Å²) < 4.78 is 0. The number of carbonyl (C=O) groups excluding carboxylic acids is 2. The van der Waals surface area contributed by atoms with E-state index in [1.165, 1.54) is 12.8 Å². The summed E-state index contributed by atoms with van der Waals surface area (Å²) in [4.78, 5) is 24.2. The molecule has 0 aromatic rings. The molecule has 4 nitrogen and oxygen atoms in total. The van der Waals surface area contributed by atoms with E-state index < -0.39 is 5.41 Å². The first-order valence-electron chi connectivity index (χ1n) is 8.07. The summed E-state index contributed by atoms with van der Waals surface area (Å²) >= 11 is 0. The predicted octanol–water partition coefficient (Wildman–Crippen LogP) is 2.51. The van der Waals surface area contributed by atoms with Crippen molar-refractivity contribution in [3.63, 3.8) is 0 Å². The van der Waals surface area contributed by atoms with E-state index >= 15 is 0 Å². The van der Waals surface area contributed by atoms with Crippen LogP contribution in [0.2, 0.25) is 0 Å². The summed E-state index contributed by atoms with van der Waals surface area (Å²) in [6, 6.07) is 0. The average molecular weight is 280 g/mol. The topological polar surface area (TPSA) is 72.2 Å². The van der Waals surface area contributed by atoms with Crippen molar-refractivity contribution < 1.29 is 9.59 Å². The summed E-state index contributed by atoms with van der Waals surface area (Å²) in [5.74, 6) is -0.131. The number of amides is 2. The van der Waals surface area contributed by atoms with Gasteiger partial charge in [-0.2, -0.15) is 0 Å². The lowest BCUT2D eigenvalue weighted by atomic mass is 9.80. The van der Waals surface area contributed by atoms with Gasteiger partial charge in [0.05, 0.1) is 5.41 Å². The van der Waals surface area contributed by atoms with Gasteiger partial charge in [-0.05, 0) is 25.7 Å². The molecule has 0 saturated heterocycles. The Bertz CT molecular complexity index is 365. The van der Waals surface area contributed by atoms with Crippen LogP contribution in [0.3, 0.4) is 0 Å². The third-order valence-electron chi connectivity index (χ3n) is 5.43. The second-order valence-corrected chi connectivity index (χ2v) is 7.01. The summed E-state index contributed by atoms with van der Waals surface area (Å²) in [5.41, 5.74) is 4.82. The van der Waals surface area contributed by atoms with Crippen LogP contribution in [0.1, 0.15) is 71.1 Å². The average Bonchev–Trinajstić information content (AvgIpc) is 2.80. The molecule has 2 aliphatic carbocycles. The number of hydrogen-bond acceptors (Lipinski definition) is 2. The van der Waals surface area contributed by atoms with Gasteiger partial charge in [-0.25, -0.2) is 0 Å². The van der Waals surface area contributed by atoms with Crippen molar-refractivity contribution in [2.24, 2.45) is 16.6 Å². The van der Waals surface area contributed by atoms with Crippen LogP contribution in [0.25, 0.3) is 0 Å². The predicted molar refractivity (Wildman–Crippen MR) is 78.9 cm³/mol. The van der Waals surface area contributed by atoms with E-state index in [1.54, 1.807) is 0 Å². The molecular formula is C16H28N2O2. The summed E-state index contributed by atoms with van der Waals surface area (Å²) in [7, 11) is 0. The minimum absolute atomic E-state index is 0.118. The second kappa shape index (κ2) is 6.15. The molecule has 0 radical (unpaired) electrons. The maximum Gasteiger partial charge on any atom is 0.225 e. The van der Waals surface area contributed by atoms with Crippen LogP contribution < -0.4 is 11.1 Å². The molecule has 3 N–H and O–H groups in total. The molecule has 2 fully saturated rings. The highest BCUT2D eigenvalue weighted by Crippen LogP contribution is 2.38. The number of hydrogen-bond donors (Lipinski definition) is 2. The molecule has 0 bridgehead atoms. The van der Waals surface area contributed by atoms with E-state index in [-0.39, 0.29) is 17.2 Å². The van der Waals surface area contributed by atoms with Gasteiger partial charge >= 0.3 is 0 Å². The molecule has 0 heterocycles. The molecule has 20 heavy (non-hydrogen) atoms. The van der Waals surface area contributed by atoms with Crippen molar-refractivity contribution in [2.75, 3.05) is 6.54 Å². The number of carbonyl (C=O) groups is 2. The fourth-order valence-electron chi connectivity index (χ4n) is 3.76. The first kappa shape index (κ1) is 15.3. The van der Waals surface area contributed by atoms with Crippen molar-refractivity contribution in [3.8, 4) is 0 Å². The van der Waals surface area contributed by atoms with Gasteiger partial charge in [0, 0.05) is 12.0 Å². The Morgan fingerprint density at radius 1 is 0.950 bits per heavy atom. The highest BCUT2D eigenvalue weighted by Gasteiger charge is 2.41. The molecule has 2 aliphatic rings. The van der Waals surface area contributed by atoms with Crippen molar-refractivity contribution in [2.45, 2.75) is 71.1 Å². The minimum Gasteiger partial charge on any atom is -0.369 e. The molecule has 0 atom stereocenters. The van der Waals surface area contributed by atoms with E-state index in [2.05, 4.69) is 12.2 Å². The molecule has 4 heteroatoms. The lowest BCUT2D eigenvalue weighted by molar-refractivity contribution is -0.133. The van der Waals surface area contributed by atoms with E-state index in [0.717, 1.165) is 51.4 Å². The first-order valence-corrected chi connectivity index (χ1v) is 8.07. The normalized spacial score (nSPS) is 24.9. The van der Waals surface area contributed by atoms with Crippen molar-refractivity contribution >= 4 is 11.8 Å². The zero-order chi connectivity index (χ0) is 14.6. The van der Waals surface area contributed by atoms with Gasteiger partial charge in [-0.15, -0.1) is 0 Å². The summed E-state index contributed by atoms with van der Waals surface area (Å²) in [6.45, 7) is 2.50. The van der Waals surface area contributed by atoms with Gasteiger partial charge in [-0.3, -0.25) is 9.59 Å². The van der Waals surface area contributed by atoms with Crippen LogP contribution in [-0.2, 0) is 9.59 Å². The van der Waals surface area contributed by atoms with Crippen molar-refractivity contribution in [1.82, 2.24) is 5.32 Å². The van der Waals surface area contributed by atoms with E-state index in [1.807, 2.05) is 0 Å². The molecule has 2 saturated carbocycles. The zero-order valence-electron chi connectivity index (χ0n) is 12.7. The molecular weight excluding hydrogens is 252 g/mol. The van der Waals surface area contributed by atoms with Crippen LogP contribution in [-0.4, -0.2) is 18.4 Å². The summed E-state index contributed by atoms with van der Waals surface area (Å²) in [5, 5.41) is 3.04. The zero-order valence-corrected chi connectivity index (χ0v) is 12.7. The fraction of sp³-hybridized carbons (Fsp3) is 0.875. The Hall–Kier alpha value is -1.06. The maximum absolute atomic E-state index is 12.5. The van der Waals surface area contributed by atoms with E-state index in [9.17, 15) is 9.59 Å². The van der Waals surface area contributed by atoms with Gasteiger partial charge in [0.15, 0.2) is 0 Å². The minimum atomic E-state index is -0.489. The molecule has 114 valence electrons. The molecule has 0 unspecified atom stereocenters. The second-order valence-electron chi connectivity index (χ2n) is 7.01. The van der Waals surface area contributed by atoms with Gasteiger partial charge in [0.25, 0.3) is 0 Å². The first-order chi connectivity index (χ1) is 9.49. The highest BCUT2D eigenvalue weighted by atomic mass is 16.2. The monoisotopic (exact) mass is 280 g/mol. The smallest absolute Gasteiger partial charge is 0.225 e. The van der Waals surface area contributed by atoms with Crippen LogP contribution in [0.15, 0.2) is 0 Å². The Labute approximate surface area is 121 Å². The molecule has 0 aromatic heterocycles. The van der Waals surface area contributed by atoms with Crippen LogP contribution in [0.4, 0.5) is 0 Å². The molecule has 2 rings (SSSR count). The molecule has 0 spiro atoms. The lowest BCUT2D eigenvalue weighted by Crippen LogP contribution is -2.48. The summed E-state index contributed by atoms with van der Waals surface area (Å²) in [6.07, 6.45) is 10.4. The van der Waals surface area contributed by atoms with Crippen LogP contribution >= 0.6 is 0 Å². The van der Waals surface area contributed by atoms with Crippen LogP contribution in [0, 0.1) is 10.8 Å². The largest absolute Gasteiger partial charge is 0.369 e. The molecule has 2 amide bonds. The van der Waals surface area contributed by atoms with Crippen molar-refractivity contribution in [1.29, 1.82) is 0 Å². The number of nitrogens with two attached hydrogens (primary N) is 1. The quantitative estimate of drug-likeness (QED) is 0.777. The fourth-order valence-corrected chi connectivity index (χ4v) is 3.76. The standard InChI is InChI=1S/C16H28N2O2/c1-15(8-4-2-3-5-9-15)14(20)18-12-16(13(17)19)10-6-7-11-16/h2-12H2,1H3,(H2,17,19)(H,18,20). The van der Waals surface area contributed by atoms with Gasteiger partial charge in [-0.1, -0.05) is 45.4 Å². The third-order valence-corrected chi connectivity index (χ3v) is 5.43. The van der Waals surface area contributed by atoms with Gasteiger partial charge < -0.3 is 11.1 Å². The number of primary amides is 1. The molecule has 0 aliphatic heterocycles. The SMILES string of the molecule is CC1(C(=O)NCC2(C(N)=O)CCCC2)CCCCCC1. The lowest BCUT2D eigenvalue weighted by Gasteiger charge is -2.30. The van der Waals surface area contributed by atoms with Gasteiger partial charge in [0.1, 0.15) is 0 Å². The Morgan fingerprint density at radius 2 is 1.45 bits per heavy atom. The molecule has 0 aromatic carbocycles. The van der Waals surface area contributed by atoms with Gasteiger partial charge in [0.2, 0.25) is 11.8 Å². The third kappa shape index (κ3) is 3.15. The van der Waals surface area contributed by atoms with E-state index in [0.29, 0.717) is 6.54 Å². The number of nitrogens with one attached hydrogen (secondary N) is 1. The Balaban J connectivity index is 1.95. The highest BCUT2D eigenvalue weighted by molar-refractivity contribution is 5.85. The van der Waals surface area contributed by atoms with Crippen molar-refractivity contribution in [3.05, 3.63) is 0 Å².